The van der Waals surface area contributed by atoms with Gasteiger partial charge in [0.05, 0.1) is 12.6 Å². The molecular formula is C17H31N3O3. The molecule has 1 amide bonds. The van der Waals surface area contributed by atoms with Gasteiger partial charge >= 0.3 is 5.97 Å². The third-order valence-electron chi connectivity index (χ3n) is 3.37. The summed E-state index contributed by atoms with van der Waals surface area (Å²) < 4.78 is 5.47. The Kier molecular flexibility index (Phi) is 6.74. The van der Waals surface area contributed by atoms with Crippen molar-refractivity contribution in [1.29, 1.82) is 0 Å². The van der Waals surface area contributed by atoms with Crippen LogP contribution in [-0.2, 0) is 14.3 Å². The molecule has 0 aromatic carbocycles. The van der Waals surface area contributed by atoms with Crippen LogP contribution >= 0.6 is 0 Å². The molecule has 1 heterocycles. The quantitative estimate of drug-likeness (QED) is 0.757. The van der Waals surface area contributed by atoms with Crippen molar-refractivity contribution >= 4 is 17.7 Å². The Morgan fingerprint density at radius 2 is 1.91 bits per heavy atom. The number of hydrogen-bond donors (Lipinski definition) is 2. The second kappa shape index (κ2) is 7.90. The van der Waals surface area contributed by atoms with Crippen LogP contribution in [0.25, 0.3) is 0 Å². The zero-order chi connectivity index (χ0) is 17.8. The Balaban J connectivity index is 3.01. The molecule has 6 nitrogen and oxygen atoms in total. The average Bonchev–Trinajstić information content (AvgIpc) is 2.35. The van der Waals surface area contributed by atoms with Crippen LogP contribution in [0.3, 0.4) is 0 Å². The molecule has 23 heavy (non-hydrogen) atoms. The molecule has 0 saturated carbocycles. The van der Waals surface area contributed by atoms with Gasteiger partial charge in [-0.15, -0.1) is 0 Å². The summed E-state index contributed by atoms with van der Waals surface area (Å²) in [4.78, 5) is 28.7. The number of carbonyl (C=O) groups is 2. The van der Waals surface area contributed by atoms with Crippen molar-refractivity contribution in [3.63, 3.8) is 0 Å². The third-order valence-corrected chi connectivity index (χ3v) is 3.37. The van der Waals surface area contributed by atoms with Crippen LogP contribution in [0.5, 0.6) is 0 Å². The smallest absolute Gasteiger partial charge is 0.331 e. The summed E-state index contributed by atoms with van der Waals surface area (Å²) in [7, 11) is 0. The molecule has 1 fully saturated rings. The van der Waals surface area contributed by atoms with Crippen LogP contribution in [0.15, 0.2) is 4.99 Å². The summed E-state index contributed by atoms with van der Waals surface area (Å²) >= 11 is 0. The van der Waals surface area contributed by atoms with E-state index in [1.165, 1.54) is 0 Å². The minimum Gasteiger partial charge on any atom is -0.458 e. The number of hydrogen-bond acceptors (Lipinski definition) is 5. The maximum atomic E-state index is 12.4. The van der Waals surface area contributed by atoms with E-state index in [4.69, 9.17) is 4.74 Å². The largest absolute Gasteiger partial charge is 0.458 e. The second-order valence-electron chi connectivity index (χ2n) is 7.85. The number of amides is 1. The SMILES string of the molecule is CC(C)C[C@H]1NCC(=O)NC1=N[C@H](C(=O)OC(C)(C)C)C(C)C. The molecule has 0 bridgehead atoms. The number of esters is 1. The molecule has 0 aromatic heterocycles. The van der Waals surface area contributed by atoms with Gasteiger partial charge in [0.25, 0.3) is 0 Å². The van der Waals surface area contributed by atoms with Gasteiger partial charge < -0.3 is 10.1 Å². The van der Waals surface area contributed by atoms with Crippen LogP contribution in [-0.4, -0.2) is 41.9 Å². The summed E-state index contributed by atoms with van der Waals surface area (Å²) in [6, 6.07) is -0.671. The Morgan fingerprint density at radius 3 is 2.39 bits per heavy atom. The fourth-order valence-electron chi connectivity index (χ4n) is 2.36. The van der Waals surface area contributed by atoms with E-state index in [-0.39, 0.29) is 30.4 Å². The summed E-state index contributed by atoms with van der Waals surface area (Å²) in [6.45, 7) is 13.9. The minimum absolute atomic E-state index is 0.0177. The fraction of sp³-hybridized carbons (Fsp3) is 0.824. The average molecular weight is 325 g/mol. The van der Waals surface area contributed by atoms with E-state index in [0.717, 1.165) is 6.42 Å². The van der Waals surface area contributed by atoms with Gasteiger partial charge in [0, 0.05) is 0 Å². The van der Waals surface area contributed by atoms with E-state index in [0.29, 0.717) is 11.8 Å². The highest BCUT2D eigenvalue weighted by molar-refractivity contribution is 6.04. The van der Waals surface area contributed by atoms with Gasteiger partial charge in [-0.25, -0.2) is 4.79 Å². The molecule has 0 aliphatic carbocycles. The van der Waals surface area contributed by atoms with Crippen molar-refractivity contribution in [2.45, 2.75) is 72.6 Å². The zero-order valence-corrected chi connectivity index (χ0v) is 15.4. The van der Waals surface area contributed by atoms with Gasteiger partial charge in [-0.3, -0.25) is 15.1 Å². The number of nitrogens with one attached hydrogen (secondary N) is 2. The van der Waals surface area contributed by atoms with Crippen molar-refractivity contribution in [3.8, 4) is 0 Å². The topological polar surface area (TPSA) is 79.8 Å². The zero-order valence-electron chi connectivity index (χ0n) is 15.4. The second-order valence-corrected chi connectivity index (χ2v) is 7.85. The van der Waals surface area contributed by atoms with Gasteiger partial charge in [0.15, 0.2) is 6.04 Å². The van der Waals surface area contributed by atoms with Gasteiger partial charge in [0.1, 0.15) is 11.4 Å². The van der Waals surface area contributed by atoms with E-state index in [2.05, 4.69) is 29.5 Å². The van der Waals surface area contributed by atoms with Crippen LogP contribution in [0.2, 0.25) is 0 Å². The number of amidine groups is 1. The van der Waals surface area contributed by atoms with Gasteiger partial charge in [-0.1, -0.05) is 27.7 Å². The van der Waals surface area contributed by atoms with Gasteiger partial charge in [0.2, 0.25) is 5.91 Å². The number of nitrogens with zero attached hydrogens (tertiary/aromatic N) is 1. The van der Waals surface area contributed by atoms with Crippen molar-refractivity contribution in [2.75, 3.05) is 6.54 Å². The number of rotatable bonds is 5. The van der Waals surface area contributed by atoms with Crippen molar-refractivity contribution in [3.05, 3.63) is 0 Å². The molecule has 2 atom stereocenters. The molecule has 1 aliphatic rings. The lowest BCUT2D eigenvalue weighted by molar-refractivity contribution is -0.157. The van der Waals surface area contributed by atoms with Gasteiger partial charge in [-0.2, -0.15) is 0 Å². The van der Waals surface area contributed by atoms with Gasteiger partial charge in [-0.05, 0) is 39.0 Å². The first-order valence-electron chi connectivity index (χ1n) is 8.33. The maximum absolute atomic E-state index is 12.4. The Morgan fingerprint density at radius 1 is 1.30 bits per heavy atom. The van der Waals surface area contributed by atoms with E-state index < -0.39 is 11.6 Å². The Labute approximate surface area is 139 Å². The van der Waals surface area contributed by atoms with Crippen LogP contribution in [0.1, 0.15) is 54.9 Å². The predicted octanol–water partition coefficient (Wildman–Crippen LogP) is 1.89. The lowest BCUT2D eigenvalue weighted by Gasteiger charge is -2.30. The Hall–Kier alpha value is -1.43. The maximum Gasteiger partial charge on any atom is 0.331 e. The molecular weight excluding hydrogens is 294 g/mol. The summed E-state index contributed by atoms with van der Waals surface area (Å²) in [5, 5.41) is 6.00. The molecule has 132 valence electrons. The highest BCUT2D eigenvalue weighted by atomic mass is 16.6. The molecule has 0 spiro atoms. The third kappa shape index (κ3) is 6.69. The summed E-state index contributed by atoms with van der Waals surface area (Å²) in [6.07, 6.45) is 0.845. The van der Waals surface area contributed by atoms with E-state index in [9.17, 15) is 9.59 Å². The molecule has 2 N–H and O–H groups in total. The van der Waals surface area contributed by atoms with E-state index >= 15 is 0 Å². The van der Waals surface area contributed by atoms with Crippen LogP contribution in [0, 0.1) is 11.8 Å². The van der Waals surface area contributed by atoms with Crippen molar-refractivity contribution < 1.29 is 14.3 Å². The minimum atomic E-state index is -0.626. The van der Waals surface area contributed by atoms with Crippen LogP contribution < -0.4 is 10.6 Å². The molecule has 6 heteroatoms. The summed E-state index contributed by atoms with van der Waals surface area (Å²) in [5.74, 6) is 0.487. The number of carbonyl (C=O) groups excluding carboxylic acids is 2. The molecule has 1 saturated heterocycles. The van der Waals surface area contributed by atoms with Crippen LogP contribution in [0.4, 0.5) is 0 Å². The normalized spacial score (nSPS) is 22.4. The Bertz CT molecular complexity index is 464. The lowest BCUT2D eigenvalue weighted by Crippen LogP contribution is -2.57. The fourth-order valence-corrected chi connectivity index (χ4v) is 2.36. The number of piperazine rings is 1. The molecule has 0 aromatic rings. The molecule has 0 unspecified atom stereocenters. The highest BCUT2D eigenvalue weighted by Gasteiger charge is 2.31. The predicted molar refractivity (Wildman–Crippen MR) is 91.3 cm³/mol. The monoisotopic (exact) mass is 325 g/mol. The summed E-state index contributed by atoms with van der Waals surface area (Å²) in [5.41, 5.74) is -0.560. The number of aliphatic imine (C=N–C) groups is 1. The molecule has 1 rings (SSSR count). The molecule has 0 radical (unpaired) electrons. The first-order chi connectivity index (χ1) is 10.5. The lowest BCUT2D eigenvalue weighted by atomic mass is 10.00. The first kappa shape index (κ1) is 19.6. The standard InChI is InChI=1S/C17H31N3O3/c1-10(2)8-12-15(19-13(21)9-18-12)20-14(11(3)4)16(22)23-17(5,6)7/h10-12,14,18H,8-9H2,1-7H3,(H,19,20,21)/t12-,14+/m1/s1. The van der Waals surface area contributed by atoms with Crippen molar-refractivity contribution in [1.82, 2.24) is 10.6 Å². The molecule has 1 aliphatic heterocycles. The van der Waals surface area contributed by atoms with E-state index in [1.807, 2.05) is 34.6 Å². The van der Waals surface area contributed by atoms with Crippen molar-refractivity contribution in [2.24, 2.45) is 16.8 Å². The van der Waals surface area contributed by atoms with E-state index in [1.54, 1.807) is 0 Å². The highest BCUT2D eigenvalue weighted by Crippen LogP contribution is 2.16. The number of ether oxygens (including phenoxy) is 1. The first-order valence-corrected chi connectivity index (χ1v) is 8.33.